The summed E-state index contributed by atoms with van der Waals surface area (Å²) in [5, 5.41) is 3.23. The average molecular weight is 448 g/mol. The summed E-state index contributed by atoms with van der Waals surface area (Å²) in [4.78, 5) is 6.93. The molecule has 0 bridgehead atoms. The average Bonchev–Trinajstić information content (AvgIpc) is 3.17. The van der Waals surface area contributed by atoms with Crippen LogP contribution in [-0.2, 0) is 9.84 Å². The Morgan fingerprint density at radius 3 is 2.70 bits per heavy atom. The number of halogens is 2. The van der Waals surface area contributed by atoms with Crippen molar-refractivity contribution in [2.24, 2.45) is 5.92 Å². The number of sulfone groups is 1. The summed E-state index contributed by atoms with van der Waals surface area (Å²) in [5.41, 5.74) is 1.87. The van der Waals surface area contributed by atoms with E-state index < -0.39 is 15.7 Å². The molecule has 2 N–H and O–H groups in total. The fraction of sp³-hybridized carbons (Fsp3) is 0.318. The summed E-state index contributed by atoms with van der Waals surface area (Å²) in [7, 11) is -3.82. The van der Waals surface area contributed by atoms with Gasteiger partial charge in [-0.05, 0) is 43.2 Å². The molecule has 158 valence electrons. The largest absolute Gasteiger partial charge is 1.00 e. The smallest absolute Gasteiger partial charge is 0.208 e. The second-order valence-corrected chi connectivity index (χ2v) is 9.93. The highest BCUT2D eigenvalue weighted by Gasteiger charge is 2.38. The van der Waals surface area contributed by atoms with Gasteiger partial charge in [-0.25, -0.2) is 12.8 Å². The minimum Gasteiger partial charge on any atom is -1.00 e. The van der Waals surface area contributed by atoms with Crippen molar-refractivity contribution in [3.63, 3.8) is 0 Å². The van der Waals surface area contributed by atoms with Crippen molar-refractivity contribution in [2.45, 2.75) is 28.7 Å². The van der Waals surface area contributed by atoms with Crippen molar-refractivity contribution in [3.8, 4) is 0 Å². The molecule has 2 aliphatic heterocycles. The molecule has 1 aromatic heterocycles. The molecule has 2 aromatic carbocycles. The lowest BCUT2D eigenvalue weighted by Crippen LogP contribution is -3.00. The van der Waals surface area contributed by atoms with Gasteiger partial charge in [-0.3, -0.25) is 4.98 Å². The molecule has 5 nitrogen and oxygen atoms in total. The molecular weight excluding hydrogens is 425 g/mol. The van der Waals surface area contributed by atoms with Crippen LogP contribution in [0.5, 0.6) is 0 Å². The third-order valence-corrected chi connectivity index (χ3v) is 7.88. The van der Waals surface area contributed by atoms with E-state index in [1.807, 2.05) is 12.1 Å². The van der Waals surface area contributed by atoms with Crippen molar-refractivity contribution in [1.29, 1.82) is 0 Å². The van der Waals surface area contributed by atoms with E-state index in [9.17, 15) is 12.8 Å². The first-order valence-electron chi connectivity index (χ1n) is 10.00. The molecule has 2 saturated heterocycles. The highest BCUT2D eigenvalue weighted by molar-refractivity contribution is 7.91. The van der Waals surface area contributed by atoms with Crippen LogP contribution in [0.15, 0.2) is 64.5 Å². The maximum absolute atomic E-state index is 13.5. The third-order valence-electron chi connectivity index (χ3n) is 6.16. The second kappa shape index (κ2) is 8.13. The number of fused-ring (bicyclic) bond motifs is 2. The number of quaternary nitrogens is 1. The summed E-state index contributed by atoms with van der Waals surface area (Å²) in [5.74, 6) is 0.126. The SMILES string of the molecule is O=S(=O)(c1cccc(F)c1)c1cnc2c(N3CC4CCC[NH2+]C4C3)cccc2c1.[Cl-]. The molecule has 3 aromatic rings. The van der Waals surface area contributed by atoms with Crippen LogP contribution in [0.4, 0.5) is 10.1 Å². The van der Waals surface area contributed by atoms with E-state index in [-0.39, 0.29) is 22.2 Å². The molecule has 0 amide bonds. The Bertz CT molecular complexity index is 1170. The fourth-order valence-corrected chi connectivity index (χ4v) is 5.95. The highest BCUT2D eigenvalue weighted by Crippen LogP contribution is 2.33. The standard InChI is InChI=1S/C22H22FN3O2S.ClH/c23-17-6-2-7-18(11-17)29(27,28)19-10-15-4-1-8-21(22(15)25-12-19)26-13-16-5-3-9-24-20(16)14-26;/h1-2,4,6-8,10-12,16,20,24H,3,5,9,13-14H2;1H. The predicted molar refractivity (Wildman–Crippen MR) is 109 cm³/mol. The number of pyridine rings is 1. The molecular formula is C22H23ClFN3O2S. The van der Waals surface area contributed by atoms with Gasteiger partial charge >= 0.3 is 0 Å². The van der Waals surface area contributed by atoms with Gasteiger partial charge in [0.05, 0.1) is 34.1 Å². The Morgan fingerprint density at radius 2 is 1.90 bits per heavy atom. The number of hydrogen-bond donors (Lipinski definition) is 1. The monoisotopic (exact) mass is 447 g/mol. The van der Waals surface area contributed by atoms with E-state index in [0.29, 0.717) is 12.0 Å². The summed E-state index contributed by atoms with van der Waals surface area (Å²) in [6, 6.07) is 13.2. The minimum absolute atomic E-state index is 0. The van der Waals surface area contributed by atoms with Crippen molar-refractivity contribution in [1.82, 2.24) is 4.98 Å². The number of para-hydroxylation sites is 1. The van der Waals surface area contributed by atoms with E-state index >= 15 is 0 Å². The number of nitrogens with two attached hydrogens (primary N) is 1. The van der Waals surface area contributed by atoms with Crippen LogP contribution in [-0.4, -0.2) is 39.1 Å². The maximum atomic E-state index is 13.5. The quantitative estimate of drug-likeness (QED) is 0.581. The van der Waals surface area contributed by atoms with Crippen molar-refractivity contribution < 1.29 is 30.5 Å². The van der Waals surface area contributed by atoms with Crippen molar-refractivity contribution in [3.05, 3.63) is 60.5 Å². The number of piperidine rings is 1. The summed E-state index contributed by atoms with van der Waals surface area (Å²) >= 11 is 0. The fourth-order valence-electron chi connectivity index (χ4n) is 4.67. The number of hydrogen-bond acceptors (Lipinski definition) is 4. The lowest BCUT2D eigenvalue weighted by Gasteiger charge is -2.21. The van der Waals surface area contributed by atoms with Crippen LogP contribution in [0.1, 0.15) is 12.8 Å². The van der Waals surface area contributed by atoms with Gasteiger partial charge in [0.25, 0.3) is 0 Å². The lowest BCUT2D eigenvalue weighted by atomic mass is 9.94. The summed E-state index contributed by atoms with van der Waals surface area (Å²) < 4.78 is 39.4. The van der Waals surface area contributed by atoms with Crippen LogP contribution in [0.3, 0.4) is 0 Å². The van der Waals surface area contributed by atoms with Gasteiger partial charge in [-0.2, -0.15) is 0 Å². The number of rotatable bonds is 3. The zero-order chi connectivity index (χ0) is 20.0. The topological polar surface area (TPSA) is 66.9 Å². The molecule has 0 aliphatic carbocycles. The molecule has 30 heavy (non-hydrogen) atoms. The number of nitrogens with zero attached hydrogens (tertiary/aromatic N) is 2. The Morgan fingerprint density at radius 1 is 1.07 bits per heavy atom. The van der Waals surface area contributed by atoms with Gasteiger partial charge in [-0.15, -0.1) is 0 Å². The van der Waals surface area contributed by atoms with Crippen LogP contribution in [0.25, 0.3) is 10.9 Å². The summed E-state index contributed by atoms with van der Waals surface area (Å²) in [6.07, 6.45) is 3.93. The van der Waals surface area contributed by atoms with Gasteiger partial charge in [0.15, 0.2) is 0 Å². The molecule has 2 atom stereocenters. The molecule has 0 spiro atoms. The number of aromatic nitrogens is 1. The van der Waals surface area contributed by atoms with Crippen molar-refractivity contribution >= 4 is 26.4 Å². The molecule has 8 heteroatoms. The van der Waals surface area contributed by atoms with E-state index in [0.717, 1.165) is 35.7 Å². The highest BCUT2D eigenvalue weighted by atomic mass is 35.5. The number of anilines is 1. The molecule has 0 radical (unpaired) electrons. The zero-order valence-electron chi connectivity index (χ0n) is 16.3. The zero-order valence-corrected chi connectivity index (χ0v) is 17.9. The number of benzene rings is 2. The Hall–Kier alpha value is -2.22. The third kappa shape index (κ3) is 3.66. The van der Waals surface area contributed by atoms with E-state index in [4.69, 9.17) is 0 Å². The second-order valence-electron chi connectivity index (χ2n) is 7.98. The van der Waals surface area contributed by atoms with E-state index in [1.165, 1.54) is 43.8 Å². The molecule has 2 unspecified atom stereocenters. The Labute approximate surface area is 181 Å². The van der Waals surface area contributed by atoms with Gasteiger partial charge in [0.1, 0.15) is 11.9 Å². The van der Waals surface area contributed by atoms with Gasteiger partial charge in [-0.1, -0.05) is 18.2 Å². The summed E-state index contributed by atoms with van der Waals surface area (Å²) in [6.45, 7) is 3.21. The van der Waals surface area contributed by atoms with Crippen LogP contribution >= 0.6 is 0 Å². The first kappa shape index (κ1) is 21.0. The van der Waals surface area contributed by atoms with Crippen LogP contribution in [0, 0.1) is 11.7 Å². The minimum atomic E-state index is -3.82. The van der Waals surface area contributed by atoms with Crippen LogP contribution in [0.2, 0.25) is 0 Å². The van der Waals surface area contributed by atoms with Gasteiger partial charge in [0, 0.05) is 24.0 Å². The van der Waals surface area contributed by atoms with Crippen LogP contribution < -0.4 is 22.6 Å². The van der Waals surface area contributed by atoms with E-state index in [2.05, 4.69) is 21.3 Å². The molecule has 3 heterocycles. The molecule has 5 rings (SSSR count). The first-order valence-corrected chi connectivity index (χ1v) is 11.5. The predicted octanol–water partition coefficient (Wildman–Crippen LogP) is -0.627. The Balaban J connectivity index is 0.00000218. The normalized spacial score (nSPS) is 21.3. The van der Waals surface area contributed by atoms with Gasteiger partial charge < -0.3 is 22.6 Å². The van der Waals surface area contributed by atoms with Gasteiger partial charge in [0.2, 0.25) is 9.84 Å². The molecule has 0 saturated carbocycles. The maximum Gasteiger partial charge on any atom is 0.208 e. The molecule has 2 aliphatic rings. The Kier molecular flexibility index (Phi) is 5.70. The van der Waals surface area contributed by atoms with E-state index in [1.54, 1.807) is 6.07 Å². The molecule has 2 fully saturated rings. The van der Waals surface area contributed by atoms with Crippen molar-refractivity contribution in [2.75, 3.05) is 24.5 Å². The first-order chi connectivity index (χ1) is 14.0. The lowest BCUT2D eigenvalue weighted by molar-refractivity contribution is -0.699.